The minimum atomic E-state index is -0.0304. The van der Waals surface area contributed by atoms with E-state index in [1.165, 1.54) is 6.42 Å². The molecule has 0 aliphatic heterocycles. The van der Waals surface area contributed by atoms with Gasteiger partial charge in [-0.3, -0.25) is 0 Å². The topological polar surface area (TPSA) is 40.5 Å². The number of hydrogen-bond donors (Lipinski definition) is 2. The molecule has 0 heterocycles. The third kappa shape index (κ3) is 0.375. The monoisotopic (exact) mass is 178 g/mol. The molecule has 0 spiro atoms. The predicted octanol–water partition coefficient (Wildman–Crippen LogP) is 0.0959. The molecular formula is C11H14O2. The highest BCUT2D eigenvalue weighted by molar-refractivity contribution is 5.30. The fourth-order valence-corrected chi connectivity index (χ4v) is 6.44. The molecule has 0 saturated heterocycles. The van der Waals surface area contributed by atoms with Gasteiger partial charge in [-0.2, -0.15) is 0 Å². The Labute approximate surface area is 76.9 Å². The molecule has 70 valence electrons. The van der Waals surface area contributed by atoms with Crippen molar-refractivity contribution < 1.29 is 10.2 Å². The van der Waals surface area contributed by atoms with Crippen LogP contribution in [0.25, 0.3) is 0 Å². The maximum absolute atomic E-state index is 10.1. The standard InChI is InChI=1S/C11H14O2/c12-10-6-2-1-3-5-4(2)8(10)9(5)11(13)7(3)6/h2-13H,1H2/t2-,3+,4+,5-,6-,7-,8-,9+,10-,11+/m1/s1. The van der Waals surface area contributed by atoms with Gasteiger partial charge in [-0.05, 0) is 53.8 Å². The van der Waals surface area contributed by atoms with Gasteiger partial charge >= 0.3 is 0 Å². The SMILES string of the molecule is O[C@@H]1[C@@H]2[C@@H]3[C@H](O)[C@@H]4[C@@H]5C[C@@H]([C@@H]2[C@H]53)[C@@H]14. The van der Waals surface area contributed by atoms with Crippen LogP contribution >= 0.6 is 0 Å². The van der Waals surface area contributed by atoms with Gasteiger partial charge < -0.3 is 10.2 Å². The van der Waals surface area contributed by atoms with Crippen LogP contribution < -0.4 is 0 Å². The van der Waals surface area contributed by atoms with Crippen molar-refractivity contribution in [2.24, 2.45) is 47.3 Å². The molecule has 2 N–H and O–H groups in total. The molecule has 5 saturated carbocycles. The average molecular weight is 178 g/mol. The van der Waals surface area contributed by atoms with Gasteiger partial charge in [-0.1, -0.05) is 0 Å². The molecule has 5 fully saturated rings. The molecule has 5 aliphatic carbocycles. The Balaban J connectivity index is 1.83. The molecule has 5 rings (SSSR count). The Morgan fingerprint density at radius 3 is 1.54 bits per heavy atom. The third-order valence-electron chi connectivity index (χ3n) is 6.32. The average Bonchev–Trinajstić information content (AvgIpc) is 2.52. The molecule has 0 amide bonds. The van der Waals surface area contributed by atoms with E-state index >= 15 is 0 Å². The van der Waals surface area contributed by atoms with Crippen molar-refractivity contribution >= 4 is 0 Å². The largest absolute Gasteiger partial charge is 0.393 e. The Morgan fingerprint density at radius 2 is 1.08 bits per heavy atom. The number of hydrogen-bond acceptors (Lipinski definition) is 2. The second-order valence-electron chi connectivity index (χ2n) is 6.01. The molecule has 2 heteroatoms. The summed E-state index contributed by atoms with van der Waals surface area (Å²) in [4.78, 5) is 0. The zero-order valence-corrected chi connectivity index (χ0v) is 7.38. The van der Waals surface area contributed by atoms with Gasteiger partial charge in [0.05, 0.1) is 12.2 Å². The number of aliphatic hydroxyl groups excluding tert-OH is 2. The maximum Gasteiger partial charge on any atom is 0.0609 e. The summed E-state index contributed by atoms with van der Waals surface area (Å²) in [6.45, 7) is 0. The smallest absolute Gasteiger partial charge is 0.0609 e. The summed E-state index contributed by atoms with van der Waals surface area (Å²) < 4.78 is 0. The number of fused-ring (bicyclic) bond motifs is 2. The van der Waals surface area contributed by atoms with Gasteiger partial charge in [0.1, 0.15) is 0 Å². The van der Waals surface area contributed by atoms with Crippen LogP contribution in [-0.2, 0) is 0 Å². The molecule has 5 aliphatic rings. The van der Waals surface area contributed by atoms with E-state index in [4.69, 9.17) is 0 Å². The minimum Gasteiger partial charge on any atom is -0.393 e. The Morgan fingerprint density at radius 1 is 0.615 bits per heavy atom. The van der Waals surface area contributed by atoms with Gasteiger partial charge in [0.25, 0.3) is 0 Å². The van der Waals surface area contributed by atoms with Gasteiger partial charge in [-0.15, -0.1) is 0 Å². The van der Waals surface area contributed by atoms with Crippen LogP contribution in [0, 0.1) is 47.3 Å². The molecule has 0 aromatic heterocycles. The Kier molecular flexibility index (Phi) is 0.733. The van der Waals surface area contributed by atoms with Crippen LogP contribution in [-0.4, -0.2) is 22.4 Å². The molecule has 0 unspecified atom stereocenters. The molecule has 2 nitrogen and oxygen atoms in total. The first-order valence-electron chi connectivity index (χ1n) is 5.67. The van der Waals surface area contributed by atoms with Crippen molar-refractivity contribution in [3.05, 3.63) is 0 Å². The summed E-state index contributed by atoms with van der Waals surface area (Å²) >= 11 is 0. The zero-order chi connectivity index (χ0) is 8.48. The van der Waals surface area contributed by atoms with Crippen LogP contribution in [0.3, 0.4) is 0 Å². The van der Waals surface area contributed by atoms with Gasteiger partial charge in [0.2, 0.25) is 0 Å². The van der Waals surface area contributed by atoms with E-state index in [0.29, 0.717) is 23.7 Å². The van der Waals surface area contributed by atoms with E-state index in [0.717, 1.165) is 23.7 Å². The van der Waals surface area contributed by atoms with Gasteiger partial charge in [-0.25, -0.2) is 0 Å². The van der Waals surface area contributed by atoms with E-state index < -0.39 is 0 Å². The first-order chi connectivity index (χ1) is 6.30. The first kappa shape index (κ1) is 6.41. The predicted molar refractivity (Wildman–Crippen MR) is 44.6 cm³/mol. The third-order valence-corrected chi connectivity index (χ3v) is 6.32. The van der Waals surface area contributed by atoms with Crippen molar-refractivity contribution in [2.75, 3.05) is 0 Å². The van der Waals surface area contributed by atoms with E-state index in [2.05, 4.69) is 0 Å². The Hall–Kier alpha value is -0.0800. The van der Waals surface area contributed by atoms with Gasteiger partial charge in [0.15, 0.2) is 0 Å². The number of aliphatic hydroxyl groups is 2. The summed E-state index contributed by atoms with van der Waals surface area (Å²) in [5.74, 6) is 5.33. The highest BCUT2D eigenvalue weighted by Gasteiger charge is 2.83. The summed E-state index contributed by atoms with van der Waals surface area (Å²) in [5.41, 5.74) is 0. The van der Waals surface area contributed by atoms with E-state index in [9.17, 15) is 10.2 Å². The van der Waals surface area contributed by atoms with Crippen molar-refractivity contribution in [1.29, 1.82) is 0 Å². The quantitative estimate of drug-likeness (QED) is 0.552. The van der Waals surface area contributed by atoms with Crippen molar-refractivity contribution in [2.45, 2.75) is 18.6 Å². The molecule has 0 aromatic rings. The summed E-state index contributed by atoms with van der Waals surface area (Å²) in [5, 5.41) is 20.2. The zero-order valence-electron chi connectivity index (χ0n) is 7.38. The summed E-state index contributed by atoms with van der Waals surface area (Å²) in [6.07, 6.45) is 1.28. The van der Waals surface area contributed by atoms with Crippen LogP contribution in [0.15, 0.2) is 0 Å². The Bertz CT molecular complexity index is 281. The van der Waals surface area contributed by atoms with E-state index in [-0.39, 0.29) is 12.2 Å². The van der Waals surface area contributed by atoms with Crippen molar-refractivity contribution in [3.8, 4) is 0 Å². The normalized spacial score (nSPS) is 85.4. The molecule has 0 radical (unpaired) electrons. The van der Waals surface area contributed by atoms with Crippen LogP contribution in [0.2, 0.25) is 0 Å². The van der Waals surface area contributed by atoms with Crippen LogP contribution in [0.4, 0.5) is 0 Å². The molecule has 10 atom stereocenters. The van der Waals surface area contributed by atoms with Gasteiger partial charge in [0, 0.05) is 0 Å². The lowest BCUT2D eigenvalue weighted by Gasteiger charge is -2.47. The van der Waals surface area contributed by atoms with Crippen LogP contribution in [0.5, 0.6) is 0 Å². The highest BCUT2D eigenvalue weighted by atomic mass is 16.3. The van der Waals surface area contributed by atoms with Crippen molar-refractivity contribution in [3.63, 3.8) is 0 Å². The van der Waals surface area contributed by atoms with Crippen LogP contribution in [0.1, 0.15) is 6.42 Å². The lowest BCUT2D eigenvalue weighted by atomic mass is 9.58. The highest BCUT2D eigenvalue weighted by Crippen LogP contribution is 2.82. The molecule has 0 aromatic carbocycles. The minimum absolute atomic E-state index is 0.0304. The second kappa shape index (κ2) is 1.49. The lowest BCUT2D eigenvalue weighted by Crippen LogP contribution is -2.51. The summed E-state index contributed by atoms with van der Waals surface area (Å²) in [7, 11) is 0. The molecule has 2 bridgehead atoms. The number of rotatable bonds is 0. The van der Waals surface area contributed by atoms with E-state index in [1.807, 2.05) is 0 Å². The fourth-order valence-electron chi connectivity index (χ4n) is 6.44. The van der Waals surface area contributed by atoms with E-state index in [1.54, 1.807) is 0 Å². The first-order valence-corrected chi connectivity index (χ1v) is 5.67. The maximum atomic E-state index is 10.1. The molecular weight excluding hydrogens is 164 g/mol. The molecule has 13 heavy (non-hydrogen) atoms. The second-order valence-corrected chi connectivity index (χ2v) is 6.01. The summed E-state index contributed by atoms with van der Waals surface area (Å²) in [6, 6.07) is 0. The lowest BCUT2D eigenvalue weighted by molar-refractivity contribution is -0.109. The van der Waals surface area contributed by atoms with Crippen molar-refractivity contribution in [1.82, 2.24) is 0 Å². The fraction of sp³-hybridized carbons (Fsp3) is 1.00.